The lowest BCUT2D eigenvalue weighted by Crippen LogP contribution is -2.32. The van der Waals surface area contributed by atoms with Gasteiger partial charge < -0.3 is 15.8 Å². The van der Waals surface area contributed by atoms with E-state index in [1.807, 2.05) is 13.8 Å². The van der Waals surface area contributed by atoms with Crippen LogP contribution in [0.15, 0.2) is 6.33 Å². The molecule has 5 heteroatoms. The molecule has 0 aromatic carbocycles. The van der Waals surface area contributed by atoms with Gasteiger partial charge in [0.25, 0.3) is 0 Å². The summed E-state index contributed by atoms with van der Waals surface area (Å²) in [6, 6.07) is 0.419. The summed E-state index contributed by atoms with van der Waals surface area (Å²) in [5.41, 5.74) is 6.99. The largest absolute Gasteiger partial charge is 0.473 e. The smallest absolute Gasteiger partial charge is 0.242 e. The third-order valence-corrected chi connectivity index (χ3v) is 3.74. The molecule has 1 aromatic rings. The number of hydrogen-bond donors (Lipinski definition) is 2. The molecule has 0 saturated heterocycles. The Morgan fingerprint density at radius 3 is 2.80 bits per heavy atom. The van der Waals surface area contributed by atoms with Gasteiger partial charge in [-0.3, -0.25) is 0 Å². The molecular formula is C15H26N4O. The molecule has 5 nitrogen and oxygen atoms in total. The first-order chi connectivity index (χ1) is 9.37. The van der Waals surface area contributed by atoms with Crippen LogP contribution in [0.2, 0.25) is 0 Å². The Kier molecular flexibility index (Phi) is 4.35. The Balaban J connectivity index is 2.09. The van der Waals surface area contributed by atoms with Crippen molar-refractivity contribution in [2.75, 3.05) is 11.1 Å². The summed E-state index contributed by atoms with van der Waals surface area (Å²) in [5, 5.41) is 3.46. The van der Waals surface area contributed by atoms with Gasteiger partial charge in [-0.05, 0) is 38.5 Å². The highest BCUT2D eigenvalue weighted by atomic mass is 16.5. The van der Waals surface area contributed by atoms with Crippen LogP contribution in [0.4, 0.5) is 11.5 Å². The topological polar surface area (TPSA) is 73.1 Å². The van der Waals surface area contributed by atoms with Gasteiger partial charge in [-0.1, -0.05) is 20.3 Å². The predicted octanol–water partition coefficient (Wildman–Crippen LogP) is 3.23. The van der Waals surface area contributed by atoms with Crippen molar-refractivity contribution in [2.45, 2.75) is 65.5 Å². The average Bonchev–Trinajstić information content (AvgIpc) is 2.32. The summed E-state index contributed by atoms with van der Waals surface area (Å²) in [4.78, 5) is 8.36. The van der Waals surface area contributed by atoms with Crippen molar-refractivity contribution in [1.82, 2.24) is 9.97 Å². The minimum atomic E-state index is 0.0497. The van der Waals surface area contributed by atoms with Gasteiger partial charge in [-0.25, -0.2) is 4.98 Å². The number of nitrogens with one attached hydrogen (secondary N) is 1. The number of nitrogens with two attached hydrogens (primary N) is 1. The van der Waals surface area contributed by atoms with E-state index in [4.69, 9.17) is 10.5 Å². The van der Waals surface area contributed by atoms with Crippen molar-refractivity contribution >= 4 is 11.5 Å². The zero-order valence-corrected chi connectivity index (χ0v) is 12.9. The van der Waals surface area contributed by atoms with Gasteiger partial charge in [0.15, 0.2) is 5.82 Å². The molecular weight excluding hydrogens is 252 g/mol. The zero-order chi connectivity index (χ0) is 14.8. The van der Waals surface area contributed by atoms with Crippen molar-refractivity contribution in [3.63, 3.8) is 0 Å². The maximum absolute atomic E-state index is 6.10. The van der Waals surface area contributed by atoms with Crippen LogP contribution >= 0.6 is 0 Å². The molecule has 1 aliphatic carbocycles. The first kappa shape index (κ1) is 14.9. The van der Waals surface area contributed by atoms with Gasteiger partial charge in [0, 0.05) is 6.04 Å². The molecule has 0 radical (unpaired) electrons. The standard InChI is InChI=1S/C15H26N4O/c1-10(2)20-14-12(16)13(17-9-18-14)19-11-6-5-7-15(3,4)8-11/h9-11H,5-8,16H2,1-4H3,(H,17,18,19). The lowest BCUT2D eigenvalue weighted by atomic mass is 9.75. The maximum Gasteiger partial charge on any atom is 0.242 e. The molecule has 3 N–H and O–H groups in total. The van der Waals surface area contributed by atoms with Gasteiger partial charge in [-0.15, -0.1) is 0 Å². The summed E-state index contributed by atoms with van der Waals surface area (Å²) in [6.07, 6.45) is 6.37. The van der Waals surface area contributed by atoms with Crippen LogP contribution in [-0.4, -0.2) is 22.1 Å². The molecule has 20 heavy (non-hydrogen) atoms. The fourth-order valence-corrected chi connectivity index (χ4v) is 2.83. The minimum absolute atomic E-state index is 0.0497. The van der Waals surface area contributed by atoms with Crippen LogP contribution < -0.4 is 15.8 Å². The number of anilines is 2. The van der Waals surface area contributed by atoms with Gasteiger partial charge in [0.2, 0.25) is 5.88 Å². The van der Waals surface area contributed by atoms with E-state index < -0.39 is 0 Å². The second kappa shape index (κ2) is 5.85. The number of ether oxygens (including phenoxy) is 1. The third-order valence-electron chi connectivity index (χ3n) is 3.74. The summed E-state index contributed by atoms with van der Waals surface area (Å²) in [6.45, 7) is 8.55. The van der Waals surface area contributed by atoms with Crippen LogP contribution in [0, 0.1) is 5.41 Å². The Bertz CT molecular complexity index is 459. The molecule has 1 aliphatic rings. The van der Waals surface area contributed by atoms with E-state index in [1.165, 1.54) is 19.2 Å². The van der Waals surface area contributed by atoms with E-state index in [2.05, 4.69) is 29.1 Å². The van der Waals surface area contributed by atoms with Gasteiger partial charge in [0.1, 0.15) is 12.0 Å². The van der Waals surface area contributed by atoms with Crippen LogP contribution in [0.25, 0.3) is 0 Å². The molecule has 1 saturated carbocycles. The molecule has 1 aromatic heterocycles. The van der Waals surface area contributed by atoms with E-state index in [0.717, 1.165) is 12.8 Å². The van der Waals surface area contributed by atoms with E-state index >= 15 is 0 Å². The highest BCUT2D eigenvalue weighted by molar-refractivity contribution is 5.66. The highest BCUT2D eigenvalue weighted by Crippen LogP contribution is 2.37. The van der Waals surface area contributed by atoms with Crippen LogP contribution in [0.5, 0.6) is 5.88 Å². The first-order valence-corrected chi connectivity index (χ1v) is 7.41. The summed E-state index contributed by atoms with van der Waals surface area (Å²) in [5.74, 6) is 1.16. The first-order valence-electron chi connectivity index (χ1n) is 7.41. The Labute approximate surface area is 121 Å². The SMILES string of the molecule is CC(C)Oc1ncnc(NC2CCCC(C)(C)C2)c1N. The van der Waals surface area contributed by atoms with Gasteiger partial charge in [-0.2, -0.15) is 4.98 Å². The maximum atomic E-state index is 6.10. The molecule has 2 rings (SSSR count). The number of nitrogens with zero attached hydrogens (tertiary/aromatic N) is 2. The van der Waals surface area contributed by atoms with E-state index in [1.54, 1.807) is 0 Å². The van der Waals surface area contributed by atoms with Crippen LogP contribution in [0.3, 0.4) is 0 Å². The lowest BCUT2D eigenvalue weighted by molar-refractivity contribution is 0.228. The fourth-order valence-electron chi connectivity index (χ4n) is 2.83. The average molecular weight is 278 g/mol. The molecule has 0 bridgehead atoms. The molecule has 1 unspecified atom stereocenters. The molecule has 112 valence electrons. The third kappa shape index (κ3) is 3.74. The summed E-state index contributed by atoms with van der Waals surface area (Å²) in [7, 11) is 0. The Morgan fingerprint density at radius 2 is 2.15 bits per heavy atom. The van der Waals surface area contributed by atoms with Gasteiger partial charge >= 0.3 is 0 Å². The monoisotopic (exact) mass is 278 g/mol. The zero-order valence-electron chi connectivity index (χ0n) is 12.9. The van der Waals surface area contributed by atoms with E-state index in [9.17, 15) is 0 Å². The Hall–Kier alpha value is -1.52. The molecule has 0 spiro atoms. The fraction of sp³-hybridized carbons (Fsp3) is 0.733. The van der Waals surface area contributed by atoms with Crippen molar-refractivity contribution in [1.29, 1.82) is 0 Å². The quantitative estimate of drug-likeness (QED) is 0.884. The molecule has 1 atom stereocenters. The number of aromatic nitrogens is 2. The summed E-state index contributed by atoms with van der Waals surface area (Å²) >= 11 is 0. The minimum Gasteiger partial charge on any atom is -0.473 e. The van der Waals surface area contributed by atoms with Crippen molar-refractivity contribution < 1.29 is 4.74 Å². The van der Waals surface area contributed by atoms with Crippen LogP contribution in [0.1, 0.15) is 53.4 Å². The van der Waals surface area contributed by atoms with Crippen molar-refractivity contribution in [2.24, 2.45) is 5.41 Å². The second-order valence-corrected chi connectivity index (χ2v) is 6.71. The summed E-state index contributed by atoms with van der Waals surface area (Å²) < 4.78 is 5.60. The molecule has 0 aliphatic heterocycles. The van der Waals surface area contributed by atoms with Crippen LogP contribution in [-0.2, 0) is 0 Å². The molecule has 1 heterocycles. The van der Waals surface area contributed by atoms with Crippen molar-refractivity contribution in [3.8, 4) is 5.88 Å². The highest BCUT2D eigenvalue weighted by Gasteiger charge is 2.28. The number of rotatable bonds is 4. The van der Waals surface area contributed by atoms with Gasteiger partial charge in [0.05, 0.1) is 6.10 Å². The number of hydrogen-bond acceptors (Lipinski definition) is 5. The predicted molar refractivity (Wildman–Crippen MR) is 81.9 cm³/mol. The van der Waals surface area contributed by atoms with E-state index in [-0.39, 0.29) is 6.10 Å². The second-order valence-electron chi connectivity index (χ2n) is 6.71. The Morgan fingerprint density at radius 1 is 1.40 bits per heavy atom. The number of nitrogen functional groups attached to an aromatic ring is 1. The molecule has 1 fully saturated rings. The lowest BCUT2D eigenvalue weighted by Gasteiger charge is -2.35. The van der Waals surface area contributed by atoms with E-state index in [0.29, 0.717) is 28.8 Å². The molecule has 0 amide bonds. The normalized spacial score (nSPS) is 21.8. The van der Waals surface area contributed by atoms with Crippen molar-refractivity contribution in [3.05, 3.63) is 6.33 Å².